The van der Waals surface area contributed by atoms with Crippen molar-refractivity contribution in [3.8, 4) is 11.1 Å². The number of hydrogen-bond acceptors (Lipinski definition) is 10. The molecule has 342 valence electrons. The summed E-state index contributed by atoms with van der Waals surface area (Å²) in [5, 5.41) is 11.7. The second kappa shape index (κ2) is 16.5. The number of nitrogens with zero attached hydrogens (tertiary/aromatic N) is 8. The highest BCUT2D eigenvalue weighted by atomic mass is 19.3. The number of imide groups is 2. The van der Waals surface area contributed by atoms with Gasteiger partial charge in [-0.3, -0.25) is 43.9 Å². The molecule has 0 bridgehead atoms. The topological polar surface area (TPSA) is 158 Å². The van der Waals surface area contributed by atoms with Crippen LogP contribution in [0.25, 0.3) is 22.0 Å². The van der Waals surface area contributed by atoms with Crippen LogP contribution in [-0.4, -0.2) is 90.9 Å². The van der Waals surface area contributed by atoms with Gasteiger partial charge >= 0.3 is 0 Å². The number of anilines is 5. The van der Waals surface area contributed by atoms with Crippen LogP contribution in [0, 0.1) is 0 Å². The molecule has 8 heterocycles. The number of amides is 5. The van der Waals surface area contributed by atoms with Gasteiger partial charge in [-0.1, -0.05) is 6.07 Å². The van der Waals surface area contributed by atoms with Crippen LogP contribution in [0.2, 0.25) is 0 Å². The fourth-order valence-corrected chi connectivity index (χ4v) is 10.8. The Bertz CT molecular complexity index is 3050. The molecule has 0 spiro atoms. The molecule has 2 fully saturated rings. The number of benzene rings is 3. The van der Waals surface area contributed by atoms with Crippen molar-refractivity contribution in [3.05, 3.63) is 113 Å². The lowest BCUT2D eigenvalue weighted by Crippen LogP contribution is -2.54. The minimum Gasteiger partial charge on any atom is -0.371 e. The van der Waals surface area contributed by atoms with Crippen molar-refractivity contribution in [1.29, 1.82) is 0 Å². The van der Waals surface area contributed by atoms with Gasteiger partial charge in [-0.25, -0.2) is 8.78 Å². The zero-order valence-electron chi connectivity index (χ0n) is 37.1. The second-order valence-corrected chi connectivity index (χ2v) is 18.1. The van der Waals surface area contributed by atoms with Crippen molar-refractivity contribution in [2.45, 2.75) is 76.9 Å². The minimum atomic E-state index is -2.71. The maximum absolute atomic E-state index is 15.1. The predicted molar refractivity (Wildman–Crippen MR) is 247 cm³/mol. The first-order chi connectivity index (χ1) is 32.4. The van der Waals surface area contributed by atoms with Crippen LogP contribution in [0.15, 0.2) is 79.3 Å². The molecule has 3 aromatic heterocycles. The first kappa shape index (κ1) is 42.2. The van der Waals surface area contributed by atoms with E-state index in [2.05, 4.69) is 30.1 Å². The molecule has 0 saturated carbocycles. The summed E-state index contributed by atoms with van der Waals surface area (Å²) < 4.78 is 34.4. The standard InChI is InChI=1S/C50H48F2N10O5/c1-28(63)59-22-17-41-38(27-59)47(60-19-4-5-29-23-34(35(46(51)52)24-43(29)60)37-26-57(2)40-14-18-53-25-36(37)40)56-62(41)32-15-20-58(21-16-32)31-10-8-30(9-11-31)54-39-7-3-6-33-45(39)50(67)61(49(33)66)42-12-13-44(64)55-48(42)65/h3,6-11,14,18,23-26,32,42,46,54H,4-5,12-13,15-17,19-22,27H2,1-2H3,(H,55,64,65). The summed E-state index contributed by atoms with van der Waals surface area (Å²) in [6.07, 6.45) is 6.59. The Labute approximate surface area is 384 Å². The third-order valence-corrected chi connectivity index (χ3v) is 14.2. The average molecular weight is 907 g/mol. The van der Waals surface area contributed by atoms with E-state index < -0.39 is 36.1 Å². The Morgan fingerprint density at radius 1 is 0.881 bits per heavy atom. The monoisotopic (exact) mass is 906 g/mol. The van der Waals surface area contributed by atoms with Gasteiger partial charge in [0.1, 0.15) is 6.04 Å². The normalized spacial score (nSPS) is 18.7. The molecular weight excluding hydrogens is 859 g/mol. The second-order valence-electron chi connectivity index (χ2n) is 18.1. The van der Waals surface area contributed by atoms with Gasteiger partial charge in [0.2, 0.25) is 17.7 Å². The summed E-state index contributed by atoms with van der Waals surface area (Å²) >= 11 is 0. The number of hydrogen-bond donors (Lipinski definition) is 2. The van der Waals surface area contributed by atoms with E-state index in [0.717, 1.165) is 94.2 Å². The molecule has 17 heteroatoms. The fraction of sp³-hybridized carbons (Fsp3) is 0.340. The number of carbonyl (C=O) groups excluding carboxylic acids is 5. The zero-order valence-corrected chi connectivity index (χ0v) is 37.1. The van der Waals surface area contributed by atoms with E-state index in [0.29, 0.717) is 43.0 Å². The largest absolute Gasteiger partial charge is 0.371 e. The lowest BCUT2D eigenvalue weighted by Gasteiger charge is -2.35. The van der Waals surface area contributed by atoms with Crippen molar-refractivity contribution in [2.75, 3.05) is 41.3 Å². The Kier molecular flexibility index (Phi) is 10.4. The third kappa shape index (κ3) is 7.18. The van der Waals surface area contributed by atoms with E-state index >= 15 is 8.78 Å². The van der Waals surface area contributed by atoms with Crippen molar-refractivity contribution >= 4 is 69.0 Å². The molecule has 1 atom stereocenters. The zero-order chi connectivity index (χ0) is 46.2. The number of alkyl halides is 2. The SMILES string of the molecule is CC(=O)N1CCc2c(c(N3CCCc4cc(-c5cn(C)c6ccncc56)c(C(F)F)cc43)nn2C2CCN(c3ccc(Nc4cccc5c4C(=O)N(C4CCC(=O)NC4=O)C5=O)cc3)CC2)C1. The van der Waals surface area contributed by atoms with Crippen LogP contribution in [0.1, 0.15) is 94.6 Å². The quantitative estimate of drug-likeness (QED) is 0.148. The summed E-state index contributed by atoms with van der Waals surface area (Å²) in [6, 6.07) is 17.4. The highest BCUT2D eigenvalue weighted by molar-refractivity contribution is 6.25. The Balaban J connectivity index is 0.829. The first-order valence-corrected chi connectivity index (χ1v) is 22.9. The Morgan fingerprint density at radius 2 is 1.69 bits per heavy atom. The highest BCUT2D eigenvalue weighted by Crippen LogP contribution is 2.45. The van der Waals surface area contributed by atoms with Gasteiger partial charge in [0.05, 0.1) is 34.9 Å². The first-order valence-electron chi connectivity index (χ1n) is 22.9. The van der Waals surface area contributed by atoms with E-state index in [9.17, 15) is 24.0 Å². The molecule has 1 unspecified atom stereocenters. The molecule has 67 heavy (non-hydrogen) atoms. The fourth-order valence-electron chi connectivity index (χ4n) is 10.8. The number of pyridine rings is 1. The van der Waals surface area contributed by atoms with Gasteiger partial charge in [0.15, 0.2) is 5.82 Å². The lowest BCUT2D eigenvalue weighted by atomic mass is 9.91. The molecule has 2 saturated heterocycles. The maximum atomic E-state index is 15.1. The highest BCUT2D eigenvalue weighted by Gasteiger charge is 2.46. The van der Waals surface area contributed by atoms with Crippen molar-refractivity contribution in [1.82, 2.24) is 34.4 Å². The van der Waals surface area contributed by atoms with Crippen LogP contribution in [0.3, 0.4) is 0 Å². The molecular formula is C50H48F2N10O5. The molecule has 11 rings (SSSR count). The number of carbonyl (C=O) groups is 5. The molecule has 3 aromatic carbocycles. The Hall–Kier alpha value is -7.43. The van der Waals surface area contributed by atoms with Gasteiger partial charge in [0, 0.05) is 116 Å². The van der Waals surface area contributed by atoms with Crippen LogP contribution in [0.5, 0.6) is 0 Å². The smallest absolute Gasteiger partial charge is 0.264 e. The van der Waals surface area contributed by atoms with Crippen LogP contribution >= 0.6 is 0 Å². The van der Waals surface area contributed by atoms with Crippen LogP contribution < -0.4 is 20.4 Å². The van der Waals surface area contributed by atoms with Gasteiger partial charge in [0.25, 0.3) is 18.2 Å². The van der Waals surface area contributed by atoms with E-state index in [4.69, 9.17) is 5.10 Å². The summed E-state index contributed by atoms with van der Waals surface area (Å²) in [5.74, 6) is -1.51. The molecule has 5 amide bonds. The molecule has 0 radical (unpaired) electrons. The lowest BCUT2D eigenvalue weighted by molar-refractivity contribution is -0.136. The summed E-state index contributed by atoms with van der Waals surface area (Å²) in [4.78, 5) is 75.7. The van der Waals surface area contributed by atoms with Crippen molar-refractivity contribution in [3.63, 3.8) is 0 Å². The molecule has 15 nitrogen and oxygen atoms in total. The number of aromatic nitrogens is 4. The predicted octanol–water partition coefficient (Wildman–Crippen LogP) is 7.35. The van der Waals surface area contributed by atoms with E-state index in [1.807, 2.05) is 59.1 Å². The van der Waals surface area contributed by atoms with Crippen molar-refractivity contribution < 1.29 is 32.8 Å². The molecule has 6 aromatic rings. The van der Waals surface area contributed by atoms with Gasteiger partial charge in [-0.2, -0.15) is 5.10 Å². The van der Waals surface area contributed by atoms with Gasteiger partial charge < -0.3 is 24.6 Å². The molecule has 5 aliphatic heterocycles. The van der Waals surface area contributed by atoms with E-state index in [1.54, 1.807) is 43.6 Å². The van der Waals surface area contributed by atoms with E-state index in [-0.39, 0.29) is 41.5 Å². The molecule has 2 N–H and O–H groups in total. The van der Waals surface area contributed by atoms with Gasteiger partial charge in [-0.05, 0) is 97.8 Å². The number of halogens is 2. The Morgan fingerprint density at radius 3 is 2.45 bits per heavy atom. The number of nitrogens with one attached hydrogen (secondary N) is 2. The summed E-state index contributed by atoms with van der Waals surface area (Å²) in [6.45, 7) is 4.70. The van der Waals surface area contributed by atoms with E-state index in [1.165, 1.54) is 0 Å². The van der Waals surface area contributed by atoms with Crippen LogP contribution in [0.4, 0.5) is 37.3 Å². The average Bonchev–Trinajstić information content (AvgIpc) is 3.97. The summed E-state index contributed by atoms with van der Waals surface area (Å²) in [7, 11) is 1.91. The number of fused-ring (bicyclic) bond motifs is 4. The number of rotatable bonds is 8. The van der Waals surface area contributed by atoms with Crippen molar-refractivity contribution in [2.24, 2.45) is 7.05 Å². The molecule has 0 aliphatic carbocycles. The maximum Gasteiger partial charge on any atom is 0.264 e. The summed E-state index contributed by atoms with van der Waals surface area (Å²) in [5.41, 5.74) is 8.47. The third-order valence-electron chi connectivity index (χ3n) is 14.2. The number of aryl methyl sites for hydroxylation is 2. The minimum absolute atomic E-state index is 0.0141. The van der Waals surface area contributed by atoms with Gasteiger partial charge in [-0.15, -0.1) is 0 Å². The molecule has 5 aliphatic rings. The van der Waals surface area contributed by atoms with Crippen LogP contribution in [-0.2, 0) is 40.8 Å². The number of piperidine rings is 2.